The number of ether oxygens (including phenoxy) is 1. The minimum absolute atomic E-state index is 0.0192. The van der Waals surface area contributed by atoms with E-state index >= 15 is 0 Å². The Kier molecular flexibility index (Phi) is 6.58. The molecule has 2 aromatic rings. The van der Waals surface area contributed by atoms with E-state index in [4.69, 9.17) is 4.74 Å². The first-order chi connectivity index (χ1) is 13.2. The Bertz CT molecular complexity index is 751. The van der Waals surface area contributed by atoms with Crippen LogP contribution in [0.25, 0.3) is 11.1 Å². The summed E-state index contributed by atoms with van der Waals surface area (Å²) >= 11 is 0. The van der Waals surface area contributed by atoms with Crippen molar-refractivity contribution in [2.75, 3.05) is 7.11 Å². The molecular formula is C22H26N2O3. The van der Waals surface area contributed by atoms with E-state index in [9.17, 15) is 9.59 Å². The van der Waals surface area contributed by atoms with Crippen LogP contribution in [0.4, 0.5) is 0 Å². The molecule has 0 spiro atoms. The molecule has 1 fully saturated rings. The third kappa shape index (κ3) is 5.39. The highest BCUT2D eigenvalue weighted by Gasteiger charge is 2.23. The molecule has 1 heterocycles. The zero-order chi connectivity index (χ0) is 19.1. The molecule has 0 radical (unpaired) electrons. The number of methoxy groups -OCH3 is 1. The van der Waals surface area contributed by atoms with Gasteiger partial charge in [-0.3, -0.25) is 14.6 Å². The van der Waals surface area contributed by atoms with Gasteiger partial charge in [-0.05, 0) is 73.4 Å². The molecule has 0 unspecified atom stereocenters. The Labute approximate surface area is 160 Å². The van der Waals surface area contributed by atoms with E-state index in [2.05, 4.69) is 10.3 Å². The molecule has 0 atom stereocenters. The molecule has 0 bridgehead atoms. The molecule has 1 amide bonds. The van der Waals surface area contributed by atoms with Gasteiger partial charge in [-0.1, -0.05) is 12.1 Å². The van der Waals surface area contributed by atoms with Gasteiger partial charge >= 0.3 is 5.97 Å². The molecule has 27 heavy (non-hydrogen) atoms. The molecule has 1 aliphatic carbocycles. The van der Waals surface area contributed by atoms with Crippen LogP contribution in [0.1, 0.15) is 48.9 Å². The largest absolute Gasteiger partial charge is 0.469 e. The summed E-state index contributed by atoms with van der Waals surface area (Å²) in [6.07, 6.45) is 8.91. The lowest BCUT2D eigenvalue weighted by Crippen LogP contribution is -2.37. The summed E-state index contributed by atoms with van der Waals surface area (Å²) in [5, 5.41) is 3.15. The summed E-state index contributed by atoms with van der Waals surface area (Å²) in [5.41, 5.74) is 2.84. The van der Waals surface area contributed by atoms with Crippen molar-refractivity contribution in [2.24, 2.45) is 5.92 Å². The Morgan fingerprint density at radius 2 is 1.63 bits per heavy atom. The molecule has 142 valence electrons. The normalized spacial score (nSPS) is 19.3. The number of pyridine rings is 1. The van der Waals surface area contributed by atoms with Crippen molar-refractivity contribution in [3.05, 3.63) is 54.4 Å². The third-order valence-electron chi connectivity index (χ3n) is 5.33. The van der Waals surface area contributed by atoms with E-state index in [1.54, 1.807) is 12.4 Å². The van der Waals surface area contributed by atoms with E-state index < -0.39 is 0 Å². The molecule has 1 saturated carbocycles. The summed E-state index contributed by atoms with van der Waals surface area (Å²) in [6, 6.07) is 11.8. The van der Waals surface area contributed by atoms with Crippen LogP contribution < -0.4 is 5.32 Å². The number of carbonyl (C=O) groups is 2. The van der Waals surface area contributed by atoms with Crippen molar-refractivity contribution in [1.82, 2.24) is 10.3 Å². The number of rotatable bonds is 6. The minimum Gasteiger partial charge on any atom is -0.469 e. The van der Waals surface area contributed by atoms with Crippen LogP contribution in [-0.4, -0.2) is 30.0 Å². The monoisotopic (exact) mass is 366 g/mol. The fourth-order valence-corrected chi connectivity index (χ4v) is 3.65. The first-order valence-corrected chi connectivity index (χ1v) is 9.54. The van der Waals surface area contributed by atoms with Crippen LogP contribution in [0.5, 0.6) is 0 Å². The predicted octanol–water partition coefficient (Wildman–Crippen LogP) is 3.99. The predicted molar refractivity (Wildman–Crippen MR) is 104 cm³/mol. The lowest BCUT2D eigenvalue weighted by Gasteiger charge is -2.29. The van der Waals surface area contributed by atoms with Crippen LogP contribution in [0.3, 0.4) is 0 Å². The summed E-state index contributed by atoms with van der Waals surface area (Å²) in [7, 11) is 1.43. The molecule has 5 nitrogen and oxygen atoms in total. The number of benzene rings is 1. The Balaban J connectivity index is 1.48. The van der Waals surface area contributed by atoms with Crippen LogP contribution >= 0.6 is 0 Å². The molecule has 1 aliphatic rings. The summed E-state index contributed by atoms with van der Waals surface area (Å²) in [5.74, 6) is 0.395. The van der Waals surface area contributed by atoms with Crippen molar-refractivity contribution in [1.29, 1.82) is 0 Å². The summed E-state index contributed by atoms with van der Waals surface area (Å²) in [4.78, 5) is 27.8. The van der Waals surface area contributed by atoms with Gasteiger partial charge in [0.1, 0.15) is 0 Å². The number of nitrogens with one attached hydrogen (secondary N) is 1. The zero-order valence-electron chi connectivity index (χ0n) is 15.7. The fraction of sp³-hybridized carbons (Fsp3) is 0.409. The van der Waals surface area contributed by atoms with Gasteiger partial charge in [0, 0.05) is 30.4 Å². The number of hydrogen-bond acceptors (Lipinski definition) is 4. The average molecular weight is 366 g/mol. The van der Waals surface area contributed by atoms with Gasteiger partial charge in [0.05, 0.1) is 7.11 Å². The molecule has 5 heteroatoms. The van der Waals surface area contributed by atoms with Gasteiger partial charge in [0.15, 0.2) is 0 Å². The topological polar surface area (TPSA) is 68.3 Å². The Morgan fingerprint density at radius 1 is 1.00 bits per heavy atom. The van der Waals surface area contributed by atoms with Crippen molar-refractivity contribution < 1.29 is 14.3 Å². The molecule has 1 aromatic heterocycles. The van der Waals surface area contributed by atoms with Crippen LogP contribution in [0.2, 0.25) is 0 Å². The maximum atomic E-state index is 12.5. The highest BCUT2D eigenvalue weighted by molar-refractivity contribution is 5.94. The van der Waals surface area contributed by atoms with E-state index in [0.717, 1.165) is 43.2 Å². The van der Waals surface area contributed by atoms with E-state index in [-0.39, 0.29) is 17.9 Å². The Hall–Kier alpha value is -2.69. The van der Waals surface area contributed by atoms with Crippen LogP contribution in [0.15, 0.2) is 48.8 Å². The second-order valence-electron chi connectivity index (χ2n) is 7.12. The SMILES string of the molecule is COC(=O)CCC1CCC(NC(=O)c2ccc(-c3ccncc3)cc2)CC1. The van der Waals surface area contributed by atoms with Gasteiger partial charge in [-0.25, -0.2) is 0 Å². The average Bonchev–Trinajstić information content (AvgIpc) is 2.73. The van der Waals surface area contributed by atoms with Gasteiger partial charge in [0.2, 0.25) is 0 Å². The first-order valence-electron chi connectivity index (χ1n) is 9.54. The molecular weight excluding hydrogens is 340 g/mol. The maximum Gasteiger partial charge on any atom is 0.305 e. The van der Waals surface area contributed by atoms with Gasteiger partial charge in [-0.15, -0.1) is 0 Å². The van der Waals surface area contributed by atoms with Crippen molar-refractivity contribution >= 4 is 11.9 Å². The van der Waals surface area contributed by atoms with Crippen LogP contribution in [-0.2, 0) is 9.53 Å². The maximum absolute atomic E-state index is 12.5. The lowest BCUT2D eigenvalue weighted by molar-refractivity contribution is -0.141. The number of carbonyl (C=O) groups excluding carboxylic acids is 2. The number of amides is 1. The molecule has 1 aromatic carbocycles. The number of esters is 1. The number of nitrogens with zero attached hydrogens (tertiary/aromatic N) is 1. The molecule has 0 saturated heterocycles. The molecule has 0 aliphatic heterocycles. The summed E-state index contributed by atoms with van der Waals surface area (Å²) < 4.78 is 4.70. The van der Waals surface area contributed by atoms with Gasteiger partial charge < -0.3 is 10.1 Å². The first kappa shape index (κ1) is 19.1. The number of aromatic nitrogens is 1. The molecule has 3 rings (SSSR count). The zero-order valence-corrected chi connectivity index (χ0v) is 15.7. The minimum atomic E-state index is -0.138. The highest BCUT2D eigenvalue weighted by atomic mass is 16.5. The second kappa shape index (κ2) is 9.31. The van der Waals surface area contributed by atoms with Crippen LogP contribution in [0, 0.1) is 5.92 Å². The van der Waals surface area contributed by atoms with Gasteiger partial charge in [-0.2, -0.15) is 0 Å². The smallest absolute Gasteiger partial charge is 0.305 e. The van der Waals surface area contributed by atoms with E-state index in [1.807, 2.05) is 36.4 Å². The molecule has 1 N–H and O–H groups in total. The van der Waals surface area contributed by atoms with Crippen molar-refractivity contribution in [3.63, 3.8) is 0 Å². The quantitative estimate of drug-likeness (QED) is 0.785. The van der Waals surface area contributed by atoms with E-state index in [0.29, 0.717) is 17.9 Å². The standard InChI is InChI=1S/C22H26N2O3/c1-27-21(25)11-4-16-2-9-20(10-3-16)24-22(26)19-7-5-17(6-8-19)18-12-14-23-15-13-18/h5-8,12-16,20H,2-4,9-11H2,1H3,(H,24,26). The second-order valence-corrected chi connectivity index (χ2v) is 7.12. The van der Waals surface area contributed by atoms with Crippen molar-refractivity contribution in [3.8, 4) is 11.1 Å². The summed E-state index contributed by atoms with van der Waals surface area (Å²) in [6.45, 7) is 0. The Morgan fingerprint density at radius 3 is 2.26 bits per heavy atom. The lowest BCUT2D eigenvalue weighted by atomic mass is 9.83. The van der Waals surface area contributed by atoms with E-state index in [1.165, 1.54) is 7.11 Å². The third-order valence-corrected chi connectivity index (χ3v) is 5.33. The fourth-order valence-electron chi connectivity index (χ4n) is 3.65. The van der Waals surface area contributed by atoms with Gasteiger partial charge in [0.25, 0.3) is 5.91 Å². The highest BCUT2D eigenvalue weighted by Crippen LogP contribution is 2.28. The number of hydrogen-bond donors (Lipinski definition) is 1. The van der Waals surface area contributed by atoms with Crippen molar-refractivity contribution in [2.45, 2.75) is 44.6 Å².